The Kier molecular flexibility index (Phi) is 6.06. The number of nitrogens with one attached hydrogen (secondary N) is 1. The highest BCUT2D eigenvalue weighted by Gasteiger charge is 2.23. The van der Waals surface area contributed by atoms with Gasteiger partial charge in [-0.15, -0.1) is 0 Å². The van der Waals surface area contributed by atoms with Crippen LogP contribution in [0.5, 0.6) is 0 Å². The van der Waals surface area contributed by atoms with Crippen molar-refractivity contribution in [1.29, 1.82) is 0 Å². The molecule has 1 aromatic rings. The highest BCUT2D eigenvalue weighted by molar-refractivity contribution is 5.81. The molecular formula is C17H26N2O. The molecule has 3 heteroatoms. The summed E-state index contributed by atoms with van der Waals surface area (Å²) in [5, 5.41) is 3.40. The van der Waals surface area contributed by atoms with Gasteiger partial charge in [-0.2, -0.15) is 0 Å². The summed E-state index contributed by atoms with van der Waals surface area (Å²) >= 11 is 0. The minimum absolute atomic E-state index is 0.0354. The molecule has 2 rings (SSSR count). The van der Waals surface area contributed by atoms with Crippen LogP contribution in [-0.2, 0) is 11.2 Å². The predicted molar refractivity (Wildman–Crippen MR) is 82.7 cm³/mol. The number of rotatable bonds is 5. The molecule has 1 aliphatic heterocycles. The minimum Gasteiger partial charge on any atom is -0.341 e. The zero-order chi connectivity index (χ0) is 14.2. The van der Waals surface area contributed by atoms with Crippen LogP contribution >= 0.6 is 0 Å². The third-order valence-corrected chi connectivity index (χ3v) is 4.07. The van der Waals surface area contributed by atoms with E-state index in [4.69, 9.17) is 0 Å². The Morgan fingerprint density at radius 2 is 2.05 bits per heavy atom. The van der Waals surface area contributed by atoms with Gasteiger partial charge in [0.25, 0.3) is 0 Å². The lowest BCUT2D eigenvalue weighted by Crippen LogP contribution is -2.46. The lowest BCUT2D eigenvalue weighted by Gasteiger charge is -2.26. The molecule has 1 heterocycles. The van der Waals surface area contributed by atoms with Gasteiger partial charge in [0.2, 0.25) is 5.91 Å². The van der Waals surface area contributed by atoms with Crippen LogP contribution in [0.2, 0.25) is 0 Å². The number of carbonyl (C=O) groups excluding carboxylic acids is 1. The number of nitrogens with zero attached hydrogens (tertiary/aromatic N) is 1. The lowest BCUT2D eigenvalue weighted by molar-refractivity contribution is -0.133. The Balaban J connectivity index is 1.88. The lowest BCUT2D eigenvalue weighted by atomic mass is 10.1. The summed E-state index contributed by atoms with van der Waals surface area (Å²) in [5.41, 5.74) is 1.30. The third kappa shape index (κ3) is 4.34. The SMILES string of the molecule is CCN(CCc1ccccc1)C(=O)C1CCCCCN1. The van der Waals surface area contributed by atoms with Crippen LogP contribution in [0.25, 0.3) is 0 Å². The van der Waals surface area contributed by atoms with Crippen LogP contribution in [0.1, 0.15) is 38.2 Å². The van der Waals surface area contributed by atoms with E-state index in [2.05, 4.69) is 36.5 Å². The first-order valence-electron chi connectivity index (χ1n) is 7.87. The Morgan fingerprint density at radius 1 is 1.25 bits per heavy atom. The van der Waals surface area contributed by atoms with E-state index >= 15 is 0 Å². The van der Waals surface area contributed by atoms with Gasteiger partial charge >= 0.3 is 0 Å². The van der Waals surface area contributed by atoms with E-state index in [9.17, 15) is 4.79 Å². The van der Waals surface area contributed by atoms with Crippen LogP contribution < -0.4 is 5.32 Å². The summed E-state index contributed by atoms with van der Waals surface area (Å²) < 4.78 is 0. The van der Waals surface area contributed by atoms with Gasteiger partial charge in [-0.25, -0.2) is 0 Å². The topological polar surface area (TPSA) is 32.3 Å². The maximum Gasteiger partial charge on any atom is 0.239 e. The molecule has 0 aliphatic carbocycles. The average molecular weight is 274 g/mol. The summed E-state index contributed by atoms with van der Waals surface area (Å²) in [4.78, 5) is 14.6. The molecule has 0 spiro atoms. The fraction of sp³-hybridized carbons (Fsp3) is 0.588. The molecule has 1 amide bonds. The molecule has 1 atom stereocenters. The van der Waals surface area contributed by atoms with Gasteiger partial charge in [0.1, 0.15) is 0 Å². The third-order valence-electron chi connectivity index (χ3n) is 4.07. The molecule has 20 heavy (non-hydrogen) atoms. The van der Waals surface area contributed by atoms with Gasteiger partial charge in [-0.1, -0.05) is 43.2 Å². The van der Waals surface area contributed by atoms with Gasteiger partial charge in [-0.3, -0.25) is 4.79 Å². The van der Waals surface area contributed by atoms with E-state index in [1.807, 2.05) is 11.0 Å². The zero-order valence-electron chi connectivity index (χ0n) is 12.5. The summed E-state index contributed by atoms with van der Waals surface area (Å²) in [7, 11) is 0. The molecule has 1 saturated heterocycles. The summed E-state index contributed by atoms with van der Waals surface area (Å²) in [6, 6.07) is 10.4. The van der Waals surface area contributed by atoms with Crippen molar-refractivity contribution < 1.29 is 4.79 Å². The highest BCUT2D eigenvalue weighted by Crippen LogP contribution is 2.11. The van der Waals surface area contributed by atoms with E-state index in [1.165, 1.54) is 24.8 Å². The van der Waals surface area contributed by atoms with Crippen molar-refractivity contribution in [2.75, 3.05) is 19.6 Å². The van der Waals surface area contributed by atoms with Crippen molar-refractivity contribution in [3.8, 4) is 0 Å². The number of benzene rings is 1. The molecule has 3 nitrogen and oxygen atoms in total. The number of carbonyl (C=O) groups is 1. The maximum atomic E-state index is 12.6. The van der Waals surface area contributed by atoms with E-state index in [1.54, 1.807) is 0 Å². The van der Waals surface area contributed by atoms with Crippen molar-refractivity contribution in [1.82, 2.24) is 10.2 Å². The summed E-state index contributed by atoms with van der Waals surface area (Å²) in [6.45, 7) is 4.66. The Labute approximate surface area is 122 Å². The first-order valence-corrected chi connectivity index (χ1v) is 7.87. The first-order chi connectivity index (χ1) is 9.81. The Morgan fingerprint density at radius 3 is 2.80 bits per heavy atom. The van der Waals surface area contributed by atoms with Crippen LogP contribution in [-0.4, -0.2) is 36.5 Å². The average Bonchev–Trinajstić information content (AvgIpc) is 2.78. The van der Waals surface area contributed by atoms with Gasteiger partial charge < -0.3 is 10.2 Å². The van der Waals surface area contributed by atoms with E-state index < -0.39 is 0 Å². The highest BCUT2D eigenvalue weighted by atomic mass is 16.2. The van der Waals surface area contributed by atoms with Crippen molar-refractivity contribution in [2.24, 2.45) is 0 Å². The van der Waals surface area contributed by atoms with Crippen LogP contribution in [0.4, 0.5) is 0 Å². The van der Waals surface area contributed by atoms with Crippen molar-refractivity contribution in [2.45, 2.75) is 45.1 Å². The van der Waals surface area contributed by atoms with Crippen molar-refractivity contribution in [3.05, 3.63) is 35.9 Å². The molecule has 0 aromatic heterocycles. The van der Waals surface area contributed by atoms with Gasteiger partial charge in [-0.05, 0) is 38.3 Å². The van der Waals surface area contributed by atoms with Crippen LogP contribution in [0.15, 0.2) is 30.3 Å². The fourth-order valence-corrected chi connectivity index (χ4v) is 2.79. The van der Waals surface area contributed by atoms with Crippen LogP contribution in [0.3, 0.4) is 0 Å². The van der Waals surface area contributed by atoms with Gasteiger partial charge in [0.05, 0.1) is 6.04 Å². The largest absolute Gasteiger partial charge is 0.341 e. The molecule has 0 bridgehead atoms. The predicted octanol–water partition coefficient (Wildman–Crippen LogP) is 2.61. The molecule has 0 saturated carbocycles. The fourth-order valence-electron chi connectivity index (χ4n) is 2.79. The van der Waals surface area contributed by atoms with E-state index in [-0.39, 0.29) is 11.9 Å². The summed E-state index contributed by atoms with van der Waals surface area (Å²) in [6.07, 6.45) is 5.53. The second-order valence-corrected chi connectivity index (χ2v) is 5.51. The van der Waals surface area contributed by atoms with E-state index in [0.717, 1.165) is 32.5 Å². The molecular weight excluding hydrogens is 248 g/mol. The van der Waals surface area contributed by atoms with Gasteiger partial charge in [0, 0.05) is 13.1 Å². The van der Waals surface area contributed by atoms with Crippen molar-refractivity contribution >= 4 is 5.91 Å². The molecule has 1 aromatic carbocycles. The number of likely N-dealkylation sites (N-methyl/N-ethyl adjacent to an activating group) is 1. The van der Waals surface area contributed by atoms with Crippen LogP contribution in [0, 0.1) is 0 Å². The van der Waals surface area contributed by atoms with Gasteiger partial charge in [0.15, 0.2) is 0 Å². The number of hydrogen-bond donors (Lipinski definition) is 1. The molecule has 1 fully saturated rings. The molecule has 110 valence electrons. The zero-order valence-corrected chi connectivity index (χ0v) is 12.5. The molecule has 0 radical (unpaired) electrons. The smallest absolute Gasteiger partial charge is 0.239 e. The monoisotopic (exact) mass is 274 g/mol. The summed E-state index contributed by atoms with van der Waals surface area (Å²) in [5.74, 6) is 0.283. The van der Waals surface area contributed by atoms with Crippen molar-refractivity contribution in [3.63, 3.8) is 0 Å². The standard InChI is InChI=1S/C17H26N2O/c1-2-19(14-12-15-9-5-3-6-10-15)17(20)16-11-7-4-8-13-18-16/h3,5-6,9-10,16,18H,2,4,7-8,11-14H2,1H3. The maximum absolute atomic E-state index is 12.6. The molecule has 1 unspecified atom stereocenters. The quantitative estimate of drug-likeness (QED) is 0.895. The Bertz CT molecular complexity index is 397. The second-order valence-electron chi connectivity index (χ2n) is 5.51. The number of hydrogen-bond acceptors (Lipinski definition) is 2. The molecule has 1 N–H and O–H groups in total. The van der Waals surface area contributed by atoms with E-state index in [0.29, 0.717) is 0 Å². The first kappa shape index (κ1) is 15.0. The Hall–Kier alpha value is -1.35. The number of amides is 1. The normalized spacial score (nSPS) is 19.4. The molecule has 1 aliphatic rings. The second kappa shape index (κ2) is 8.05. The minimum atomic E-state index is 0.0354.